The molecule has 0 radical (unpaired) electrons. The van der Waals surface area contributed by atoms with Crippen molar-refractivity contribution in [3.63, 3.8) is 0 Å². The molecule has 0 heterocycles. The van der Waals surface area contributed by atoms with Crippen molar-refractivity contribution in [3.8, 4) is 0 Å². The Balaban J connectivity index is 2.21. The maximum atomic E-state index is 11.4. The molecule has 0 aliphatic heterocycles. The number of carbonyl (C=O) groups excluding carboxylic acids is 1. The highest BCUT2D eigenvalue weighted by Crippen LogP contribution is 2.24. The number of nitrogens with one attached hydrogen (secondary N) is 2. The van der Waals surface area contributed by atoms with Gasteiger partial charge in [0.15, 0.2) is 0 Å². The van der Waals surface area contributed by atoms with Gasteiger partial charge in [0.05, 0.1) is 12.1 Å². The van der Waals surface area contributed by atoms with Crippen LogP contribution in [0.2, 0.25) is 0 Å². The monoisotopic (exact) mass is 214 g/mol. The molecule has 1 aliphatic carbocycles. The highest BCUT2D eigenvalue weighted by Gasteiger charge is 2.25. The zero-order valence-corrected chi connectivity index (χ0v) is 9.62. The van der Waals surface area contributed by atoms with Crippen molar-refractivity contribution in [2.45, 2.75) is 45.3 Å². The molecular formula is C11H22N2O2. The number of rotatable bonds is 5. The summed E-state index contributed by atoms with van der Waals surface area (Å²) in [7, 11) is 0. The minimum atomic E-state index is -0.182. The summed E-state index contributed by atoms with van der Waals surface area (Å²) < 4.78 is 0. The third-order valence-corrected chi connectivity index (χ3v) is 3.05. The summed E-state index contributed by atoms with van der Waals surface area (Å²) in [5.74, 6) is 0.354. The van der Waals surface area contributed by atoms with Crippen molar-refractivity contribution < 1.29 is 9.90 Å². The van der Waals surface area contributed by atoms with Crippen LogP contribution < -0.4 is 10.6 Å². The predicted octanol–water partition coefficient (Wildman–Crippen LogP) is 0.262. The summed E-state index contributed by atoms with van der Waals surface area (Å²) in [6.07, 6.45) is 2.89. The normalized spacial score (nSPS) is 27.7. The Morgan fingerprint density at radius 2 is 2.27 bits per heavy atom. The molecule has 15 heavy (non-hydrogen) atoms. The Bertz CT molecular complexity index is 209. The Labute approximate surface area is 91.4 Å². The SMILES string of the molecule is CCNC(=O)C(C)NCC1CCCC1O. The van der Waals surface area contributed by atoms with Crippen molar-refractivity contribution in [3.05, 3.63) is 0 Å². The molecule has 3 N–H and O–H groups in total. The Morgan fingerprint density at radius 3 is 2.80 bits per heavy atom. The van der Waals surface area contributed by atoms with Crippen LogP contribution in [0.3, 0.4) is 0 Å². The molecule has 1 fully saturated rings. The van der Waals surface area contributed by atoms with Crippen LogP contribution in [0.5, 0.6) is 0 Å². The van der Waals surface area contributed by atoms with E-state index >= 15 is 0 Å². The second-order valence-corrected chi connectivity index (χ2v) is 4.28. The van der Waals surface area contributed by atoms with Crippen LogP contribution in [0.25, 0.3) is 0 Å². The lowest BCUT2D eigenvalue weighted by molar-refractivity contribution is -0.122. The van der Waals surface area contributed by atoms with Gasteiger partial charge in [-0.25, -0.2) is 0 Å². The number of amides is 1. The number of aliphatic hydroxyl groups is 1. The van der Waals surface area contributed by atoms with Gasteiger partial charge in [0.25, 0.3) is 0 Å². The maximum absolute atomic E-state index is 11.4. The van der Waals surface area contributed by atoms with E-state index in [0.717, 1.165) is 25.8 Å². The van der Waals surface area contributed by atoms with Crippen molar-refractivity contribution in [1.82, 2.24) is 10.6 Å². The number of hydrogen-bond acceptors (Lipinski definition) is 3. The van der Waals surface area contributed by atoms with Gasteiger partial charge in [0, 0.05) is 13.1 Å². The average molecular weight is 214 g/mol. The summed E-state index contributed by atoms with van der Waals surface area (Å²) >= 11 is 0. The van der Waals surface area contributed by atoms with Gasteiger partial charge < -0.3 is 15.7 Å². The molecule has 0 aromatic heterocycles. The summed E-state index contributed by atoms with van der Waals surface area (Å²) in [5, 5.41) is 15.5. The third-order valence-electron chi connectivity index (χ3n) is 3.05. The molecule has 1 saturated carbocycles. The lowest BCUT2D eigenvalue weighted by atomic mass is 10.1. The molecule has 4 heteroatoms. The highest BCUT2D eigenvalue weighted by molar-refractivity contribution is 5.81. The average Bonchev–Trinajstić information content (AvgIpc) is 2.61. The first kappa shape index (κ1) is 12.5. The Kier molecular flexibility index (Phi) is 5.05. The predicted molar refractivity (Wildman–Crippen MR) is 59.5 cm³/mol. The van der Waals surface area contributed by atoms with Gasteiger partial charge in [0.2, 0.25) is 5.91 Å². The lowest BCUT2D eigenvalue weighted by Crippen LogP contribution is -2.44. The molecular weight excluding hydrogens is 192 g/mol. The van der Waals surface area contributed by atoms with Crippen LogP contribution in [0.1, 0.15) is 33.1 Å². The van der Waals surface area contributed by atoms with Gasteiger partial charge in [-0.3, -0.25) is 4.79 Å². The molecule has 1 aliphatic rings. The molecule has 1 amide bonds. The van der Waals surface area contributed by atoms with Gasteiger partial charge in [-0.1, -0.05) is 6.42 Å². The number of hydrogen-bond donors (Lipinski definition) is 3. The molecule has 0 aromatic rings. The minimum absolute atomic E-state index is 0.0324. The summed E-state index contributed by atoms with van der Waals surface area (Å²) in [4.78, 5) is 11.4. The fourth-order valence-corrected chi connectivity index (χ4v) is 2.00. The van der Waals surface area contributed by atoms with E-state index in [2.05, 4.69) is 10.6 Å². The maximum Gasteiger partial charge on any atom is 0.236 e. The summed E-state index contributed by atoms with van der Waals surface area (Å²) in [5.41, 5.74) is 0. The van der Waals surface area contributed by atoms with Crippen molar-refractivity contribution in [2.75, 3.05) is 13.1 Å². The van der Waals surface area contributed by atoms with E-state index in [9.17, 15) is 9.90 Å². The lowest BCUT2D eigenvalue weighted by Gasteiger charge is -2.18. The fraction of sp³-hybridized carbons (Fsp3) is 0.909. The number of aliphatic hydroxyl groups excluding tert-OH is 1. The van der Waals surface area contributed by atoms with Crippen LogP contribution in [0.15, 0.2) is 0 Å². The van der Waals surface area contributed by atoms with E-state index in [1.807, 2.05) is 13.8 Å². The van der Waals surface area contributed by atoms with Crippen LogP contribution in [-0.4, -0.2) is 36.2 Å². The van der Waals surface area contributed by atoms with Gasteiger partial charge in [-0.15, -0.1) is 0 Å². The quantitative estimate of drug-likeness (QED) is 0.615. The van der Waals surface area contributed by atoms with Gasteiger partial charge in [-0.05, 0) is 32.6 Å². The topological polar surface area (TPSA) is 61.4 Å². The molecule has 3 atom stereocenters. The number of likely N-dealkylation sites (N-methyl/N-ethyl adjacent to an activating group) is 1. The molecule has 0 bridgehead atoms. The first-order valence-corrected chi connectivity index (χ1v) is 5.84. The molecule has 0 spiro atoms. The minimum Gasteiger partial charge on any atom is -0.393 e. The molecule has 88 valence electrons. The molecule has 4 nitrogen and oxygen atoms in total. The van der Waals surface area contributed by atoms with Crippen LogP contribution in [-0.2, 0) is 4.79 Å². The summed E-state index contributed by atoms with van der Waals surface area (Å²) in [6, 6.07) is -0.169. The molecule has 0 saturated heterocycles. The third kappa shape index (κ3) is 3.80. The van der Waals surface area contributed by atoms with Crippen LogP contribution in [0, 0.1) is 5.92 Å². The van der Waals surface area contributed by atoms with Crippen molar-refractivity contribution >= 4 is 5.91 Å². The van der Waals surface area contributed by atoms with Crippen molar-refractivity contribution in [1.29, 1.82) is 0 Å². The highest BCUT2D eigenvalue weighted by atomic mass is 16.3. The first-order valence-electron chi connectivity index (χ1n) is 5.84. The number of carbonyl (C=O) groups is 1. The zero-order valence-electron chi connectivity index (χ0n) is 9.62. The van der Waals surface area contributed by atoms with E-state index < -0.39 is 0 Å². The molecule has 0 aromatic carbocycles. The van der Waals surface area contributed by atoms with E-state index in [-0.39, 0.29) is 18.1 Å². The second-order valence-electron chi connectivity index (χ2n) is 4.28. The van der Waals surface area contributed by atoms with Crippen LogP contribution >= 0.6 is 0 Å². The standard InChI is InChI=1S/C11H22N2O2/c1-3-12-11(15)8(2)13-7-9-5-4-6-10(9)14/h8-10,13-14H,3-7H2,1-2H3,(H,12,15). The first-order chi connectivity index (χ1) is 7.15. The smallest absolute Gasteiger partial charge is 0.236 e. The van der Waals surface area contributed by atoms with Gasteiger partial charge >= 0.3 is 0 Å². The van der Waals surface area contributed by atoms with Crippen LogP contribution in [0.4, 0.5) is 0 Å². The zero-order chi connectivity index (χ0) is 11.3. The molecule has 3 unspecified atom stereocenters. The van der Waals surface area contributed by atoms with E-state index in [1.54, 1.807) is 0 Å². The van der Waals surface area contributed by atoms with Crippen molar-refractivity contribution in [2.24, 2.45) is 5.92 Å². The fourth-order valence-electron chi connectivity index (χ4n) is 2.00. The van der Waals surface area contributed by atoms with Gasteiger partial charge in [0.1, 0.15) is 0 Å². The van der Waals surface area contributed by atoms with E-state index in [4.69, 9.17) is 0 Å². The van der Waals surface area contributed by atoms with E-state index in [0.29, 0.717) is 12.5 Å². The second kappa shape index (κ2) is 6.08. The van der Waals surface area contributed by atoms with Gasteiger partial charge in [-0.2, -0.15) is 0 Å². The summed E-state index contributed by atoms with van der Waals surface area (Å²) in [6.45, 7) is 5.16. The Hall–Kier alpha value is -0.610. The Morgan fingerprint density at radius 1 is 1.53 bits per heavy atom. The molecule has 1 rings (SSSR count). The van der Waals surface area contributed by atoms with E-state index in [1.165, 1.54) is 0 Å². The largest absolute Gasteiger partial charge is 0.393 e.